The molecule has 29 heavy (non-hydrogen) atoms. The van der Waals surface area contributed by atoms with Gasteiger partial charge in [-0.1, -0.05) is 45.4 Å². The highest BCUT2D eigenvalue weighted by Gasteiger charge is 2.43. The Morgan fingerprint density at radius 2 is 1.76 bits per heavy atom. The molecule has 1 aliphatic heterocycles. The molecule has 0 amide bonds. The minimum absolute atomic E-state index is 0.0999. The second kappa shape index (κ2) is 12.2. The summed E-state index contributed by atoms with van der Waals surface area (Å²) in [6, 6.07) is 0.681. The SMILES string of the molecule is CCN[C@H]1CC[C@H](CCCCCCC[C@@H]2CC[C@@H](O)[C@H](C)N2)C[C@@]1(O)CC(=O)O. The standard InChI is InChI=1S/C23H44N2O4/c1-3-24-21-14-11-18(15-23(21,29)16-22(27)28)9-7-5-4-6-8-10-19-12-13-20(26)17(2)25-19/h17-21,24-26,29H,3-16H2,1-2H3,(H,27,28)/t17-,18-,19+,20+,21-,23+/m0/s1. The van der Waals surface area contributed by atoms with Crippen molar-refractivity contribution >= 4 is 5.97 Å². The summed E-state index contributed by atoms with van der Waals surface area (Å²) in [5.41, 5.74) is -1.11. The lowest BCUT2D eigenvalue weighted by atomic mass is 9.71. The summed E-state index contributed by atoms with van der Waals surface area (Å²) >= 11 is 0. The lowest BCUT2D eigenvalue weighted by Gasteiger charge is -2.43. The minimum Gasteiger partial charge on any atom is -0.481 e. The first-order valence-electron chi connectivity index (χ1n) is 12.0. The Bertz CT molecular complexity index is 489. The van der Waals surface area contributed by atoms with Gasteiger partial charge in [0.25, 0.3) is 0 Å². The highest BCUT2D eigenvalue weighted by Crippen LogP contribution is 2.37. The third-order valence-electron chi connectivity index (χ3n) is 7.11. The molecule has 1 aliphatic carbocycles. The summed E-state index contributed by atoms with van der Waals surface area (Å²) in [5.74, 6) is -0.471. The highest BCUT2D eigenvalue weighted by molar-refractivity contribution is 5.68. The molecule has 0 spiro atoms. The molecule has 0 bridgehead atoms. The maximum Gasteiger partial charge on any atom is 0.306 e. The van der Waals surface area contributed by atoms with Gasteiger partial charge in [0.05, 0.1) is 18.1 Å². The Morgan fingerprint density at radius 1 is 1.07 bits per heavy atom. The van der Waals surface area contributed by atoms with E-state index in [0.717, 1.165) is 38.6 Å². The first kappa shape index (κ1) is 24.6. The van der Waals surface area contributed by atoms with Crippen LogP contribution in [0, 0.1) is 5.92 Å². The first-order chi connectivity index (χ1) is 13.8. The predicted molar refractivity (Wildman–Crippen MR) is 116 cm³/mol. The number of rotatable bonds is 12. The molecule has 0 aromatic carbocycles. The molecular weight excluding hydrogens is 368 g/mol. The fourth-order valence-electron chi connectivity index (χ4n) is 5.43. The van der Waals surface area contributed by atoms with Crippen molar-refractivity contribution in [1.29, 1.82) is 0 Å². The average Bonchev–Trinajstić information content (AvgIpc) is 2.65. The van der Waals surface area contributed by atoms with Crippen molar-refractivity contribution in [1.82, 2.24) is 10.6 Å². The van der Waals surface area contributed by atoms with Crippen molar-refractivity contribution < 1.29 is 20.1 Å². The van der Waals surface area contributed by atoms with Crippen LogP contribution in [-0.4, -0.2) is 57.7 Å². The summed E-state index contributed by atoms with van der Waals surface area (Å²) in [4.78, 5) is 11.2. The molecule has 1 saturated heterocycles. The number of likely N-dealkylation sites (N-methyl/N-ethyl adjacent to an activating group) is 1. The Morgan fingerprint density at radius 3 is 2.41 bits per heavy atom. The van der Waals surface area contributed by atoms with E-state index in [2.05, 4.69) is 17.6 Å². The van der Waals surface area contributed by atoms with Gasteiger partial charge in [-0.15, -0.1) is 0 Å². The lowest BCUT2D eigenvalue weighted by molar-refractivity contribution is -0.146. The molecule has 1 saturated carbocycles. The van der Waals surface area contributed by atoms with Gasteiger partial charge >= 0.3 is 5.97 Å². The highest BCUT2D eigenvalue weighted by atomic mass is 16.4. The number of piperidine rings is 1. The van der Waals surface area contributed by atoms with Crippen LogP contribution in [0.4, 0.5) is 0 Å². The molecule has 0 radical (unpaired) electrons. The molecule has 6 atom stereocenters. The van der Waals surface area contributed by atoms with E-state index >= 15 is 0 Å². The zero-order chi connectivity index (χ0) is 21.3. The topological polar surface area (TPSA) is 102 Å². The van der Waals surface area contributed by atoms with Crippen LogP contribution in [0.1, 0.15) is 97.3 Å². The van der Waals surface area contributed by atoms with E-state index < -0.39 is 11.6 Å². The van der Waals surface area contributed by atoms with E-state index in [0.29, 0.717) is 18.4 Å². The molecule has 6 heteroatoms. The van der Waals surface area contributed by atoms with Crippen LogP contribution in [0.2, 0.25) is 0 Å². The molecular formula is C23H44N2O4. The number of carbonyl (C=O) groups is 1. The minimum atomic E-state index is -1.11. The Labute approximate surface area is 176 Å². The molecule has 1 heterocycles. The summed E-state index contributed by atoms with van der Waals surface area (Å²) in [6.07, 6.45) is 12.6. The number of unbranched alkanes of at least 4 members (excludes halogenated alkanes) is 4. The van der Waals surface area contributed by atoms with Crippen LogP contribution < -0.4 is 10.6 Å². The van der Waals surface area contributed by atoms with E-state index in [1.165, 1.54) is 38.5 Å². The van der Waals surface area contributed by atoms with Gasteiger partial charge in [0, 0.05) is 18.1 Å². The number of carboxylic acid groups (broad SMARTS) is 1. The summed E-state index contributed by atoms with van der Waals surface area (Å²) in [5, 5.41) is 36.8. The van der Waals surface area contributed by atoms with Gasteiger partial charge in [-0.25, -0.2) is 0 Å². The molecule has 0 aromatic heterocycles. The van der Waals surface area contributed by atoms with Gasteiger partial charge in [0.2, 0.25) is 0 Å². The van der Waals surface area contributed by atoms with Gasteiger partial charge in [-0.3, -0.25) is 4.79 Å². The second-order valence-corrected chi connectivity index (χ2v) is 9.57. The van der Waals surface area contributed by atoms with Crippen LogP contribution in [0.3, 0.4) is 0 Å². The van der Waals surface area contributed by atoms with Crippen LogP contribution in [0.5, 0.6) is 0 Å². The van der Waals surface area contributed by atoms with Crippen LogP contribution in [0.25, 0.3) is 0 Å². The molecule has 2 aliphatic rings. The van der Waals surface area contributed by atoms with E-state index in [9.17, 15) is 20.1 Å². The van der Waals surface area contributed by atoms with Gasteiger partial charge in [-0.2, -0.15) is 0 Å². The zero-order valence-corrected chi connectivity index (χ0v) is 18.5. The van der Waals surface area contributed by atoms with Crippen LogP contribution in [0.15, 0.2) is 0 Å². The molecule has 0 aromatic rings. The number of aliphatic hydroxyl groups excluding tert-OH is 1. The summed E-state index contributed by atoms with van der Waals surface area (Å²) in [6.45, 7) is 4.83. The van der Waals surface area contributed by atoms with Crippen molar-refractivity contribution in [2.45, 2.75) is 127 Å². The number of aliphatic hydroxyl groups is 2. The normalized spacial score (nSPS) is 35.5. The van der Waals surface area contributed by atoms with Crippen molar-refractivity contribution in [2.24, 2.45) is 5.92 Å². The van der Waals surface area contributed by atoms with Crippen molar-refractivity contribution in [2.75, 3.05) is 6.54 Å². The molecule has 6 nitrogen and oxygen atoms in total. The zero-order valence-electron chi connectivity index (χ0n) is 18.5. The number of nitrogens with one attached hydrogen (secondary N) is 2. The third kappa shape index (κ3) is 8.16. The van der Waals surface area contributed by atoms with E-state index in [-0.39, 0.29) is 24.6 Å². The first-order valence-corrected chi connectivity index (χ1v) is 12.0. The average molecular weight is 413 g/mol. The van der Waals surface area contributed by atoms with Gasteiger partial charge < -0.3 is 26.0 Å². The fraction of sp³-hybridized carbons (Fsp3) is 0.957. The number of aliphatic carboxylic acids is 1. The number of carboxylic acids is 1. The van der Waals surface area contributed by atoms with Crippen LogP contribution >= 0.6 is 0 Å². The van der Waals surface area contributed by atoms with E-state index in [4.69, 9.17) is 0 Å². The van der Waals surface area contributed by atoms with E-state index in [1.54, 1.807) is 0 Å². The van der Waals surface area contributed by atoms with Crippen molar-refractivity contribution in [3.8, 4) is 0 Å². The molecule has 5 N–H and O–H groups in total. The third-order valence-corrected chi connectivity index (χ3v) is 7.11. The summed E-state index contributed by atoms with van der Waals surface area (Å²) < 4.78 is 0. The van der Waals surface area contributed by atoms with Crippen molar-refractivity contribution in [3.05, 3.63) is 0 Å². The van der Waals surface area contributed by atoms with Gasteiger partial charge in [-0.05, 0) is 57.9 Å². The predicted octanol–water partition coefficient (Wildman–Crippen LogP) is 3.20. The molecule has 170 valence electrons. The van der Waals surface area contributed by atoms with Gasteiger partial charge in [0.15, 0.2) is 0 Å². The molecule has 0 unspecified atom stereocenters. The Kier molecular flexibility index (Phi) is 10.4. The fourth-order valence-corrected chi connectivity index (χ4v) is 5.43. The smallest absolute Gasteiger partial charge is 0.306 e. The van der Waals surface area contributed by atoms with Crippen LogP contribution in [-0.2, 0) is 4.79 Å². The molecule has 2 rings (SSSR count). The van der Waals surface area contributed by atoms with Crippen molar-refractivity contribution in [3.63, 3.8) is 0 Å². The lowest BCUT2D eigenvalue weighted by Crippen LogP contribution is -2.55. The number of hydrogen-bond acceptors (Lipinski definition) is 5. The molecule has 2 fully saturated rings. The maximum absolute atomic E-state index is 11.2. The Balaban J connectivity index is 1.58. The quantitative estimate of drug-likeness (QED) is 0.316. The maximum atomic E-state index is 11.2. The Hall–Kier alpha value is -0.690. The summed E-state index contributed by atoms with van der Waals surface area (Å²) in [7, 11) is 0. The number of hydrogen-bond donors (Lipinski definition) is 5. The monoisotopic (exact) mass is 412 g/mol. The van der Waals surface area contributed by atoms with E-state index in [1.807, 2.05) is 6.92 Å². The van der Waals surface area contributed by atoms with Gasteiger partial charge in [0.1, 0.15) is 0 Å². The second-order valence-electron chi connectivity index (χ2n) is 9.57. The largest absolute Gasteiger partial charge is 0.481 e.